The molecule has 0 aromatic heterocycles. The molecule has 5 atom stereocenters. The van der Waals surface area contributed by atoms with Crippen LogP contribution in [-0.2, 0) is 5.41 Å². The molecule has 5 saturated carbocycles. The van der Waals surface area contributed by atoms with E-state index in [0.29, 0.717) is 29.6 Å². The van der Waals surface area contributed by atoms with Crippen molar-refractivity contribution in [2.24, 2.45) is 45.7 Å². The smallest absolute Gasteiger partial charge is 0.109 e. The molecule has 5 aliphatic carbocycles. The zero-order valence-electron chi connectivity index (χ0n) is 17.2. The highest BCUT2D eigenvalue weighted by Gasteiger charge is 2.69. The second-order valence-corrected chi connectivity index (χ2v) is 11.1. The summed E-state index contributed by atoms with van der Waals surface area (Å²) in [4.78, 5) is 5.98. The highest BCUT2D eigenvalue weighted by molar-refractivity contribution is 7.80. The van der Waals surface area contributed by atoms with Crippen LogP contribution < -0.4 is 5.73 Å². The van der Waals surface area contributed by atoms with Gasteiger partial charge in [-0.2, -0.15) is 0 Å². The van der Waals surface area contributed by atoms with Crippen LogP contribution in [0.3, 0.4) is 0 Å². The number of benzene rings is 1. The lowest BCUT2D eigenvalue weighted by atomic mass is 9.62. The normalized spacial score (nSPS) is 43.3. The van der Waals surface area contributed by atoms with Crippen LogP contribution >= 0.6 is 23.8 Å². The monoisotopic (exact) mass is 428 g/mol. The summed E-state index contributed by atoms with van der Waals surface area (Å²) in [6.45, 7) is 0.829. The van der Waals surface area contributed by atoms with Crippen molar-refractivity contribution in [1.82, 2.24) is 0 Å². The van der Waals surface area contributed by atoms with Crippen LogP contribution in [0.5, 0.6) is 0 Å². The first-order valence-electron chi connectivity index (χ1n) is 11.5. The fraction of sp³-hybridized carbons (Fsp3) is 0.680. The van der Waals surface area contributed by atoms with E-state index in [4.69, 9.17) is 34.5 Å². The third-order valence-electron chi connectivity index (χ3n) is 8.99. The summed E-state index contributed by atoms with van der Waals surface area (Å²) in [6.07, 6.45) is 12.0. The molecule has 4 heteroatoms. The van der Waals surface area contributed by atoms with Crippen molar-refractivity contribution in [3.63, 3.8) is 0 Å². The number of halogens is 1. The lowest BCUT2D eigenvalue weighted by Crippen LogP contribution is -2.37. The molecule has 0 radical (unpaired) electrons. The molecule has 0 heterocycles. The fourth-order valence-corrected chi connectivity index (χ4v) is 8.43. The minimum atomic E-state index is 0.0958. The van der Waals surface area contributed by atoms with Crippen LogP contribution in [0.25, 0.3) is 0 Å². The molecule has 1 aromatic rings. The second kappa shape index (κ2) is 7.73. The maximum atomic E-state index is 6.49. The van der Waals surface area contributed by atoms with Gasteiger partial charge in [0.05, 0.1) is 0 Å². The van der Waals surface area contributed by atoms with Crippen LogP contribution in [0, 0.1) is 35.0 Å². The molecule has 5 aliphatic rings. The van der Waals surface area contributed by atoms with Crippen molar-refractivity contribution in [2.45, 2.75) is 56.8 Å². The third-order valence-corrected chi connectivity index (χ3v) is 9.86. The Morgan fingerprint density at radius 1 is 1.14 bits per heavy atom. The topological polar surface area (TPSA) is 38.4 Å². The van der Waals surface area contributed by atoms with Crippen LogP contribution in [0.1, 0.15) is 56.9 Å². The summed E-state index contributed by atoms with van der Waals surface area (Å²) in [5.74, 6) is 3.99. The van der Waals surface area contributed by atoms with Crippen LogP contribution in [0.15, 0.2) is 35.3 Å². The maximum Gasteiger partial charge on any atom is 0.109 e. The third kappa shape index (κ3) is 3.23. The Hall–Kier alpha value is -0.770. The maximum absolute atomic E-state index is 6.49. The van der Waals surface area contributed by atoms with E-state index in [1.165, 1.54) is 56.9 Å². The SMILES string of the molecule is NCC1CCC(/C=N/C(=S)C23CC4CC(c5ccccc5)(CC2C4CCl)C3)CC1. The van der Waals surface area contributed by atoms with E-state index >= 15 is 0 Å². The van der Waals surface area contributed by atoms with E-state index in [2.05, 4.69) is 36.5 Å². The number of thiocarbonyl (C=S) groups is 1. The Bertz CT molecular complexity index is 787. The van der Waals surface area contributed by atoms with E-state index in [1.54, 1.807) is 0 Å². The minimum absolute atomic E-state index is 0.0958. The molecule has 0 spiro atoms. The molecule has 0 saturated heterocycles. The van der Waals surface area contributed by atoms with Gasteiger partial charge in [-0.05, 0) is 98.5 Å². The molecule has 0 amide bonds. The molecule has 4 bridgehead atoms. The van der Waals surface area contributed by atoms with Gasteiger partial charge >= 0.3 is 0 Å². The molecule has 1 aromatic carbocycles. The summed E-state index contributed by atoms with van der Waals surface area (Å²) in [6, 6.07) is 11.2. The van der Waals surface area contributed by atoms with Crippen molar-refractivity contribution < 1.29 is 0 Å². The zero-order valence-corrected chi connectivity index (χ0v) is 18.8. The first-order valence-corrected chi connectivity index (χ1v) is 12.4. The number of hydrogen-bond acceptors (Lipinski definition) is 2. The van der Waals surface area contributed by atoms with Crippen molar-refractivity contribution in [1.29, 1.82) is 0 Å². The van der Waals surface area contributed by atoms with Gasteiger partial charge in [0.25, 0.3) is 0 Å². The molecule has 2 N–H and O–H groups in total. The Morgan fingerprint density at radius 2 is 1.90 bits per heavy atom. The molecular formula is C25H33ClN2S. The van der Waals surface area contributed by atoms with E-state index in [0.717, 1.165) is 17.4 Å². The number of aliphatic imine (C=N–C) groups is 1. The van der Waals surface area contributed by atoms with E-state index < -0.39 is 0 Å². The molecular weight excluding hydrogens is 396 g/mol. The number of rotatable bonds is 5. The highest BCUT2D eigenvalue weighted by Crippen LogP contribution is 2.73. The Balaban J connectivity index is 1.38. The van der Waals surface area contributed by atoms with Gasteiger partial charge in [0.2, 0.25) is 0 Å². The van der Waals surface area contributed by atoms with Gasteiger partial charge in [-0.1, -0.05) is 42.5 Å². The van der Waals surface area contributed by atoms with Gasteiger partial charge in [-0.3, -0.25) is 4.99 Å². The van der Waals surface area contributed by atoms with Gasteiger partial charge in [-0.25, -0.2) is 0 Å². The highest BCUT2D eigenvalue weighted by atomic mass is 35.5. The number of hydrogen-bond donors (Lipinski definition) is 1. The van der Waals surface area contributed by atoms with Crippen molar-refractivity contribution in [3.05, 3.63) is 35.9 Å². The first-order chi connectivity index (χ1) is 14.1. The molecule has 5 fully saturated rings. The van der Waals surface area contributed by atoms with Gasteiger partial charge in [-0.15, -0.1) is 11.6 Å². The van der Waals surface area contributed by atoms with E-state index in [-0.39, 0.29) is 10.8 Å². The summed E-state index contributed by atoms with van der Waals surface area (Å²) in [5, 5.41) is 0. The van der Waals surface area contributed by atoms with Gasteiger partial charge in [0.1, 0.15) is 4.99 Å². The summed E-state index contributed by atoms with van der Waals surface area (Å²) >= 11 is 12.6. The van der Waals surface area contributed by atoms with Gasteiger partial charge < -0.3 is 5.73 Å². The quantitative estimate of drug-likeness (QED) is 0.367. The van der Waals surface area contributed by atoms with Crippen LogP contribution in [-0.4, -0.2) is 23.6 Å². The van der Waals surface area contributed by atoms with Crippen molar-refractivity contribution in [3.8, 4) is 0 Å². The summed E-state index contributed by atoms with van der Waals surface area (Å²) < 4.78 is 0. The van der Waals surface area contributed by atoms with Crippen molar-refractivity contribution >= 4 is 35.0 Å². The zero-order chi connectivity index (χ0) is 20.1. The van der Waals surface area contributed by atoms with Gasteiger partial charge in [0, 0.05) is 17.5 Å². The fourth-order valence-electron chi connectivity index (χ4n) is 7.60. The number of nitrogens with two attached hydrogens (primary N) is 1. The standard InChI is InChI=1S/C25H33ClN2S/c26-13-21-19-10-24(20-4-2-1-3-5-20)12-22(21)25(11-19,16-24)23(29)28-15-18-8-6-17(14-27)7-9-18/h1-5,15,17-19,21-22H,6-14,16,27H2/b28-15+. The molecule has 156 valence electrons. The lowest BCUT2D eigenvalue weighted by molar-refractivity contribution is 0.176. The molecule has 5 unspecified atom stereocenters. The number of alkyl halides is 1. The second-order valence-electron chi connectivity index (χ2n) is 10.4. The van der Waals surface area contributed by atoms with Crippen molar-refractivity contribution in [2.75, 3.05) is 12.4 Å². The summed E-state index contributed by atoms with van der Waals surface area (Å²) in [7, 11) is 0. The minimum Gasteiger partial charge on any atom is -0.330 e. The largest absolute Gasteiger partial charge is 0.330 e. The Kier molecular flexibility index (Phi) is 5.37. The molecule has 29 heavy (non-hydrogen) atoms. The predicted molar refractivity (Wildman–Crippen MR) is 126 cm³/mol. The first kappa shape index (κ1) is 20.2. The average molecular weight is 429 g/mol. The Labute approximate surface area is 185 Å². The molecule has 2 nitrogen and oxygen atoms in total. The average Bonchev–Trinajstić information content (AvgIpc) is 3.14. The van der Waals surface area contributed by atoms with Crippen LogP contribution in [0.2, 0.25) is 0 Å². The van der Waals surface area contributed by atoms with E-state index in [1.807, 2.05) is 0 Å². The van der Waals surface area contributed by atoms with E-state index in [9.17, 15) is 0 Å². The molecule has 6 rings (SSSR count). The lowest BCUT2D eigenvalue weighted by Gasteiger charge is -2.42. The summed E-state index contributed by atoms with van der Waals surface area (Å²) in [5.41, 5.74) is 7.74. The van der Waals surface area contributed by atoms with Crippen LogP contribution in [0.4, 0.5) is 0 Å². The Morgan fingerprint density at radius 3 is 2.59 bits per heavy atom. The molecule has 0 aliphatic heterocycles. The number of nitrogens with zero attached hydrogens (tertiary/aromatic N) is 1. The predicted octanol–water partition coefficient (Wildman–Crippen LogP) is 5.76. The van der Waals surface area contributed by atoms with Gasteiger partial charge in [0.15, 0.2) is 0 Å².